The van der Waals surface area contributed by atoms with Crippen molar-refractivity contribution in [3.8, 4) is 0 Å². The molecule has 1 aromatic heterocycles. The van der Waals surface area contributed by atoms with Crippen LogP contribution in [-0.2, 0) is 17.6 Å². The molecule has 0 unspecified atom stereocenters. The van der Waals surface area contributed by atoms with Crippen molar-refractivity contribution in [3.05, 3.63) is 86.8 Å². The molecule has 0 saturated heterocycles. The van der Waals surface area contributed by atoms with Crippen LogP contribution in [-0.4, -0.2) is 17.5 Å². The predicted molar refractivity (Wildman–Crippen MR) is 126 cm³/mol. The van der Waals surface area contributed by atoms with Gasteiger partial charge in [-0.3, -0.25) is 9.59 Å². The lowest BCUT2D eigenvalue weighted by Crippen LogP contribution is -2.23. The number of rotatable bonds is 5. The number of fused-ring (bicyclic) bond motifs is 1. The van der Waals surface area contributed by atoms with Crippen LogP contribution in [0.1, 0.15) is 45.8 Å². The molecule has 1 aliphatic carbocycles. The fourth-order valence-corrected chi connectivity index (χ4v) is 4.06. The number of hydrazone groups is 1. The summed E-state index contributed by atoms with van der Waals surface area (Å²) in [6, 6.07) is 14.3. The van der Waals surface area contributed by atoms with Gasteiger partial charge >= 0.3 is 0 Å². The van der Waals surface area contributed by atoms with Crippen molar-refractivity contribution in [2.45, 2.75) is 32.6 Å². The fourth-order valence-electron chi connectivity index (χ4n) is 3.72. The zero-order chi connectivity index (χ0) is 22.7. The van der Waals surface area contributed by atoms with Gasteiger partial charge in [0.05, 0.1) is 22.8 Å². The number of anilines is 1. The predicted octanol–water partition coefficient (Wildman–Crippen LogP) is 5.55. The van der Waals surface area contributed by atoms with Gasteiger partial charge in [-0.15, -0.1) is 0 Å². The van der Waals surface area contributed by atoms with E-state index in [0.29, 0.717) is 45.6 Å². The topological polar surface area (TPSA) is 83.7 Å². The van der Waals surface area contributed by atoms with Crippen molar-refractivity contribution in [3.63, 3.8) is 0 Å². The number of carbonyl (C=O) groups excluding carboxylic acids is 2. The Labute approximate surface area is 195 Å². The molecular formula is C24H21Cl2N3O3. The Morgan fingerprint density at radius 3 is 2.66 bits per heavy atom. The van der Waals surface area contributed by atoms with Gasteiger partial charge in [-0.05, 0) is 43.5 Å². The van der Waals surface area contributed by atoms with Crippen molar-refractivity contribution in [1.82, 2.24) is 5.43 Å². The summed E-state index contributed by atoms with van der Waals surface area (Å²) in [4.78, 5) is 25.2. The summed E-state index contributed by atoms with van der Waals surface area (Å²) in [7, 11) is 0. The standard InChI is InChI=1S/C24H21Cl2N3O3/c1-14-22-18(28-29-21(30)12-15-6-3-2-4-7-15)8-5-9-20(22)32-23(14)24(31)27-19-13-16(25)10-11-17(19)26/h2-4,6-7,10-11,13H,5,8-9,12H2,1H3,(H,27,31)(H,29,30)/b28-18+. The SMILES string of the molecule is Cc1c(C(=O)Nc2cc(Cl)ccc2Cl)oc2c1/C(=N/NC(=O)Cc1ccccc1)CCC2. The minimum Gasteiger partial charge on any atom is -0.455 e. The summed E-state index contributed by atoms with van der Waals surface area (Å²) < 4.78 is 5.89. The molecule has 8 heteroatoms. The summed E-state index contributed by atoms with van der Waals surface area (Å²) >= 11 is 12.2. The zero-order valence-corrected chi connectivity index (χ0v) is 18.9. The van der Waals surface area contributed by atoms with Crippen molar-refractivity contribution < 1.29 is 14.0 Å². The molecule has 0 saturated carbocycles. The molecule has 4 rings (SSSR count). The number of amides is 2. The van der Waals surface area contributed by atoms with Crippen LogP contribution in [0.5, 0.6) is 0 Å². The molecular weight excluding hydrogens is 449 g/mol. The quantitative estimate of drug-likeness (QED) is 0.480. The van der Waals surface area contributed by atoms with Crippen molar-refractivity contribution in [2.24, 2.45) is 5.10 Å². The first-order valence-corrected chi connectivity index (χ1v) is 11.0. The Balaban J connectivity index is 1.53. The number of furan rings is 1. The highest BCUT2D eigenvalue weighted by molar-refractivity contribution is 6.35. The van der Waals surface area contributed by atoms with E-state index in [4.69, 9.17) is 27.6 Å². The van der Waals surface area contributed by atoms with Gasteiger partial charge in [-0.2, -0.15) is 5.10 Å². The van der Waals surface area contributed by atoms with Crippen LogP contribution in [0.3, 0.4) is 0 Å². The maximum atomic E-state index is 12.9. The second-order valence-electron chi connectivity index (χ2n) is 7.54. The van der Waals surface area contributed by atoms with E-state index in [0.717, 1.165) is 17.5 Å². The molecule has 6 nitrogen and oxygen atoms in total. The van der Waals surface area contributed by atoms with E-state index >= 15 is 0 Å². The summed E-state index contributed by atoms with van der Waals surface area (Å²) in [5.74, 6) is 0.252. The highest BCUT2D eigenvalue weighted by Crippen LogP contribution is 2.31. The average molecular weight is 470 g/mol. The smallest absolute Gasteiger partial charge is 0.291 e. The number of carbonyl (C=O) groups is 2. The molecule has 0 bridgehead atoms. The Bertz CT molecular complexity index is 1200. The third-order valence-corrected chi connectivity index (χ3v) is 5.80. The van der Waals surface area contributed by atoms with Crippen LogP contribution >= 0.6 is 23.2 Å². The van der Waals surface area contributed by atoms with Gasteiger partial charge in [-0.1, -0.05) is 53.5 Å². The van der Waals surface area contributed by atoms with Crippen molar-refractivity contribution in [1.29, 1.82) is 0 Å². The minimum atomic E-state index is -0.423. The third-order valence-electron chi connectivity index (χ3n) is 5.23. The molecule has 1 aliphatic rings. The second-order valence-corrected chi connectivity index (χ2v) is 8.39. The molecule has 2 N–H and O–H groups in total. The van der Waals surface area contributed by atoms with Crippen LogP contribution in [0.15, 0.2) is 58.0 Å². The fraction of sp³-hybridized carbons (Fsp3) is 0.208. The first-order valence-electron chi connectivity index (χ1n) is 10.2. The molecule has 0 atom stereocenters. The van der Waals surface area contributed by atoms with Gasteiger partial charge in [0.25, 0.3) is 5.91 Å². The lowest BCUT2D eigenvalue weighted by Gasteiger charge is -2.13. The first-order chi connectivity index (χ1) is 15.4. The van der Waals surface area contributed by atoms with E-state index < -0.39 is 5.91 Å². The average Bonchev–Trinajstić information content (AvgIpc) is 3.13. The number of aryl methyl sites for hydroxylation is 1. The van der Waals surface area contributed by atoms with E-state index in [1.807, 2.05) is 37.3 Å². The largest absolute Gasteiger partial charge is 0.455 e. The maximum absolute atomic E-state index is 12.9. The Morgan fingerprint density at radius 2 is 1.88 bits per heavy atom. The molecule has 2 aromatic carbocycles. The molecule has 2 amide bonds. The van der Waals surface area contributed by atoms with Gasteiger partial charge in [-0.25, -0.2) is 5.43 Å². The van der Waals surface area contributed by atoms with E-state index in [2.05, 4.69) is 15.8 Å². The number of hydrogen-bond donors (Lipinski definition) is 2. The van der Waals surface area contributed by atoms with Crippen LogP contribution < -0.4 is 10.7 Å². The monoisotopic (exact) mass is 469 g/mol. The normalized spacial score (nSPS) is 14.2. The van der Waals surface area contributed by atoms with Crippen LogP contribution in [0.2, 0.25) is 10.0 Å². The van der Waals surface area contributed by atoms with E-state index in [9.17, 15) is 9.59 Å². The van der Waals surface area contributed by atoms with E-state index in [1.54, 1.807) is 18.2 Å². The third kappa shape index (κ3) is 4.87. The molecule has 32 heavy (non-hydrogen) atoms. The van der Waals surface area contributed by atoms with Gasteiger partial charge < -0.3 is 9.73 Å². The number of halogens is 2. The highest BCUT2D eigenvalue weighted by atomic mass is 35.5. The Morgan fingerprint density at radius 1 is 1.09 bits per heavy atom. The lowest BCUT2D eigenvalue weighted by molar-refractivity contribution is -0.120. The van der Waals surface area contributed by atoms with Gasteiger partial charge in [0, 0.05) is 22.6 Å². The Kier molecular flexibility index (Phi) is 6.63. The molecule has 0 spiro atoms. The zero-order valence-electron chi connectivity index (χ0n) is 17.4. The highest BCUT2D eigenvalue weighted by Gasteiger charge is 2.28. The lowest BCUT2D eigenvalue weighted by atomic mass is 9.93. The number of hydrogen-bond acceptors (Lipinski definition) is 4. The molecule has 164 valence electrons. The molecule has 1 heterocycles. The van der Waals surface area contributed by atoms with E-state index in [1.165, 1.54) is 0 Å². The minimum absolute atomic E-state index is 0.191. The number of nitrogens with one attached hydrogen (secondary N) is 2. The van der Waals surface area contributed by atoms with Crippen LogP contribution in [0.4, 0.5) is 5.69 Å². The summed E-state index contributed by atoms with van der Waals surface area (Å²) in [5, 5.41) is 7.94. The molecule has 0 fully saturated rings. The second kappa shape index (κ2) is 9.59. The molecule has 3 aromatic rings. The molecule has 0 radical (unpaired) electrons. The summed E-state index contributed by atoms with van der Waals surface area (Å²) in [6.45, 7) is 1.81. The van der Waals surface area contributed by atoms with Crippen LogP contribution in [0, 0.1) is 6.92 Å². The van der Waals surface area contributed by atoms with Gasteiger partial charge in [0.15, 0.2) is 5.76 Å². The number of benzene rings is 2. The Hall–Kier alpha value is -3.09. The number of nitrogens with zero attached hydrogens (tertiary/aromatic N) is 1. The van der Waals surface area contributed by atoms with E-state index in [-0.39, 0.29) is 18.1 Å². The summed E-state index contributed by atoms with van der Waals surface area (Å²) in [5.41, 5.74) is 6.10. The van der Waals surface area contributed by atoms with Gasteiger partial charge in [0.1, 0.15) is 5.76 Å². The van der Waals surface area contributed by atoms with Gasteiger partial charge in [0.2, 0.25) is 5.91 Å². The van der Waals surface area contributed by atoms with Crippen molar-refractivity contribution >= 4 is 46.4 Å². The first kappa shape index (κ1) is 22.1. The van der Waals surface area contributed by atoms with Crippen molar-refractivity contribution in [2.75, 3.05) is 5.32 Å². The van der Waals surface area contributed by atoms with Crippen LogP contribution in [0.25, 0.3) is 0 Å². The maximum Gasteiger partial charge on any atom is 0.291 e. The summed E-state index contributed by atoms with van der Waals surface area (Å²) in [6.07, 6.45) is 2.43. The molecule has 0 aliphatic heterocycles.